The van der Waals surface area contributed by atoms with Gasteiger partial charge in [-0.1, -0.05) is 12.7 Å². The zero-order valence-corrected chi connectivity index (χ0v) is 12.2. The van der Waals surface area contributed by atoms with Crippen LogP contribution in [0.15, 0.2) is 33.8 Å². The average molecular weight is 422 g/mol. The number of rotatable bonds is 3. The van der Waals surface area contributed by atoms with Gasteiger partial charge in [0.15, 0.2) is 0 Å². The molecule has 0 saturated carbocycles. The third-order valence-electron chi connectivity index (χ3n) is 1.31. The summed E-state index contributed by atoms with van der Waals surface area (Å²) < 4.78 is 51.6. The number of hydrogen-bond acceptors (Lipinski definition) is 1. The lowest BCUT2D eigenvalue weighted by Gasteiger charge is -2.45. The SMILES string of the molecule is C=C(Br)/C(=C\C(N)=C/C)S(F)(F)(F)(F)I. The van der Waals surface area contributed by atoms with Gasteiger partial charge >= 0.3 is 0 Å². The molecule has 0 aromatic heterocycles. The van der Waals surface area contributed by atoms with E-state index in [9.17, 15) is 15.5 Å². The minimum absolute atomic E-state index is 0.119. The van der Waals surface area contributed by atoms with Crippen molar-refractivity contribution >= 4 is 44.1 Å². The van der Waals surface area contributed by atoms with Gasteiger partial charge in [-0.05, 0) is 28.9 Å². The first-order chi connectivity index (χ1) is 6.27. The van der Waals surface area contributed by atoms with Gasteiger partial charge in [-0.25, -0.2) is 0 Å². The first kappa shape index (κ1) is 15.3. The normalized spacial score (nSPS) is 19.4. The second-order valence-electron chi connectivity index (χ2n) is 2.67. The van der Waals surface area contributed by atoms with Crippen LogP contribution in [-0.4, -0.2) is 0 Å². The molecule has 0 heterocycles. The Bertz CT molecular complexity index is 356. The molecule has 15 heavy (non-hydrogen) atoms. The predicted octanol–water partition coefficient (Wildman–Crippen LogP) is 5.41. The Balaban J connectivity index is 5.82. The zero-order valence-electron chi connectivity index (χ0n) is 7.62. The van der Waals surface area contributed by atoms with Gasteiger partial charge < -0.3 is 5.73 Å². The van der Waals surface area contributed by atoms with Gasteiger partial charge in [-0.2, -0.15) is 0 Å². The largest absolute Gasteiger partial charge is 0.399 e. The molecule has 0 atom stereocenters. The zero-order chi connectivity index (χ0) is 12.6. The Kier molecular flexibility index (Phi) is 3.73. The summed E-state index contributed by atoms with van der Waals surface area (Å²) in [6, 6.07) is 0. The first-order valence-corrected chi connectivity index (χ1v) is 8.89. The summed E-state index contributed by atoms with van der Waals surface area (Å²) in [4.78, 5) is -1.47. The van der Waals surface area contributed by atoms with E-state index in [1.54, 1.807) is 0 Å². The molecule has 8 heteroatoms. The molecule has 0 unspecified atom stereocenters. The van der Waals surface area contributed by atoms with E-state index in [2.05, 4.69) is 22.5 Å². The highest BCUT2D eigenvalue weighted by Gasteiger charge is 2.64. The lowest BCUT2D eigenvalue weighted by Crippen LogP contribution is -2.08. The monoisotopic (exact) mass is 421 g/mol. The fourth-order valence-electron chi connectivity index (χ4n) is 0.634. The van der Waals surface area contributed by atoms with Crippen LogP contribution in [0.4, 0.5) is 15.5 Å². The highest BCUT2D eigenvalue weighted by Crippen LogP contribution is 3.07. The molecule has 0 aliphatic rings. The Labute approximate surface area is 106 Å². The van der Waals surface area contributed by atoms with Crippen LogP contribution in [0.2, 0.25) is 0 Å². The van der Waals surface area contributed by atoms with Crippen LogP contribution >= 0.6 is 44.1 Å². The molecular formula is C7H9BrF4INS. The summed E-state index contributed by atoms with van der Waals surface area (Å²) in [6.07, 6.45) is 1.75. The van der Waals surface area contributed by atoms with Crippen molar-refractivity contribution in [1.82, 2.24) is 0 Å². The molecule has 1 nitrogen and oxygen atoms in total. The number of hydrogen-bond donors (Lipinski definition) is 1. The maximum absolute atomic E-state index is 13.0. The van der Waals surface area contributed by atoms with Crippen molar-refractivity contribution in [2.45, 2.75) is 6.92 Å². The van der Waals surface area contributed by atoms with E-state index < -0.39 is 16.4 Å². The molecule has 0 bridgehead atoms. The Morgan fingerprint density at radius 2 is 1.80 bits per heavy atom. The molecule has 0 amide bonds. The van der Waals surface area contributed by atoms with Crippen molar-refractivity contribution in [2.75, 3.05) is 0 Å². The van der Waals surface area contributed by atoms with Crippen LogP contribution in [0.1, 0.15) is 6.92 Å². The van der Waals surface area contributed by atoms with E-state index in [0.717, 1.165) is 0 Å². The first-order valence-electron chi connectivity index (χ1n) is 3.50. The molecule has 0 saturated heterocycles. The van der Waals surface area contributed by atoms with Crippen molar-refractivity contribution in [3.63, 3.8) is 0 Å². The van der Waals surface area contributed by atoms with Gasteiger partial charge in [0.1, 0.15) is 4.91 Å². The van der Waals surface area contributed by atoms with Gasteiger partial charge in [-0.3, -0.25) is 0 Å². The van der Waals surface area contributed by atoms with Crippen LogP contribution in [0.25, 0.3) is 0 Å². The summed E-state index contributed by atoms with van der Waals surface area (Å²) in [7, 11) is -8.27. The molecule has 0 aromatic rings. The van der Waals surface area contributed by atoms with Crippen molar-refractivity contribution in [3.05, 3.63) is 33.8 Å². The molecule has 0 aliphatic heterocycles. The smallest absolute Gasteiger partial charge is 0.229 e. The fraction of sp³-hybridized carbons (Fsp3) is 0.143. The highest BCUT2D eigenvalue weighted by atomic mass is 127. The number of nitrogens with two attached hydrogens (primary N) is 1. The van der Waals surface area contributed by atoms with Crippen LogP contribution < -0.4 is 5.73 Å². The molecular weight excluding hydrogens is 413 g/mol. The summed E-state index contributed by atoms with van der Waals surface area (Å²) in [5.41, 5.74) is 5.02. The molecule has 0 spiro atoms. The Morgan fingerprint density at radius 3 is 2.00 bits per heavy atom. The Hall–Kier alpha value is 0.300. The van der Waals surface area contributed by atoms with E-state index in [1.807, 2.05) is 0 Å². The maximum Gasteiger partial charge on any atom is 0.229 e. The maximum atomic E-state index is 13.0. The fourth-order valence-corrected chi connectivity index (χ4v) is 4.59. The summed E-state index contributed by atoms with van der Waals surface area (Å²) in [5, 5.41) is 0. The second-order valence-corrected chi connectivity index (χ2v) is 11.3. The van der Waals surface area contributed by atoms with Crippen molar-refractivity contribution in [3.8, 4) is 0 Å². The standard InChI is InChI=1S/C7H9BrF4INS/c1-3-6(14)4-7(5(2)8)15(9,10,11,12)13/h3-4H,2,14H2,1H3/b6-3+,7-4+. The van der Waals surface area contributed by atoms with Crippen LogP contribution in [0.3, 0.4) is 0 Å². The van der Waals surface area contributed by atoms with Gasteiger partial charge in [0.05, 0.1) is 21.2 Å². The van der Waals surface area contributed by atoms with Crippen LogP contribution in [0.5, 0.6) is 0 Å². The molecule has 0 radical (unpaired) electrons. The second kappa shape index (κ2) is 3.66. The quantitative estimate of drug-likeness (QED) is 0.368. The lowest BCUT2D eigenvalue weighted by molar-refractivity contribution is 0.506. The van der Waals surface area contributed by atoms with E-state index in [0.29, 0.717) is 6.08 Å². The molecule has 90 valence electrons. The molecule has 0 fully saturated rings. The van der Waals surface area contributed by atoms with Crippen LogP contribution in [0, 0.1) is 0 Å². The van der Waals surface area contributed by atoms with Gasteiger partial charge in [-0.15, -0.1) is 15.5 Å². The average Bonchev–Trinajstić information content (AvgIpc) is 1.94. The minimum atomic E-state index is -8.27. The third kappa shape index (κ3) is 5.25. The Morgan fingerprint density at radius 1 is 1.40 bits per heavy atom. The van der Waals surface area contributed by atoms with E-state index in [-0.39, 0.29) is 26.9 Å². The molecule has 0 aliphatic carbocycles. The summed E-state index contributed by atoms with van der Waals surface area (Å²) >= 11 is 2.41. The highest BCUT2D eigenvalue weighted by molar-refractivity contribution is 14.2. The lowest BCUT2D eigenvalue weighted by atomic mass is 10.3. The van der Waals surface area contributed by atoms with Crippen molar-refractivity contribution in [1.29, 1.82) is 0 Å². The van der Waals surface area contributed by atoms with Crippen molar-refractivity contribution < 1.29 is 15.5 Å². The summed E-state index contributed by atoms with van der Waals surface area (Å²) in [5.74, 6) is 0. The molecule has 2 N–H and O–H groups in total. The van der Waals surface area contributed by atoms with E-state index in [4.69, 9.17) is 5.73 Å². The predicted molar refractivity (Wildman–Crippen MR) is 70.1 cm³/mol. The number of halogens is 6. The topological polar surface area (TPSA) is 26.0 Å². The molecule has 0 aromatic carbocycles. The van der Waals surface area contributed by atoms with Gasteiger partial charge in [0.25, 0.3) is 0 Å². The van der Waals surface area contributed by atoms with Crippen molar-refractivity contribution in [2.24, 2.45) is 5.73 Å². The third-order valence-corrected chi connectivity index (χ3v) is 4.62. The summed E-state index contributed by atoms with van der Waals surface area (Å²) in [6.45, 7) is 4.48. The van der Waals surface area contributed by atoms with Gasteiger partial charge in [0, 0.05) is 10.2 Å². The van der Waals surface area contributed by atoms with Gasteiger partial charge in [0.2, 0.25) is 7.01 Å². The van der Waals surface area contributed by atoms with E-state index in [1.165, 1.54) is 13.0 Å². The number of allylic oxidation sites excluding steroid dienone is 3. The minimum Gasteiger partial charge on any atom is -0.399 e. The molecule has 0 rings (SSSR count). The van der Waals surface area contributed by atoms with E-state index >= 15 is 0 Å². The van der Waals surface area contributed by atoms with Crippen LogP contribution in [-0.2, 0) is 0 Å².